The molecule has 28 heavy (non-hydrogen) atoms. The first kappa shape index (κ1) is 18.9. The summed E-state index contributed by atoms with van der Waals surface area (Å²) < 4.78 is 19.9. The van der Waals surface area contributed by atoms with Crippen LogP contribution in [0.15, 0.2) is 30.3 Å². The molecule has 0 fully saturated rings. The molecule has 1 atom stereocenters. The molecule has 4 rings (SSSR count). The number of carboxylic acids is 1. The van der Waals surface area contributed by atoms with Crippen LogP contribution < -0.4 is 9.64 Å². The van der Waals surface area contributed by atoms with Gasteiger partial charge < -0.3 is 9.84 Å². The highest BCUT2D eigenvalue weighted by Gasteiger charge is 2.36. The van der Waals surface area contributed by atoms with Gasteiger partial charge >= 0.3 is 5.97 Å². The van der Waals surface area contributed by atoms with Crippen LogP contribution in [0.2, 0.25) is 10.0 Å². The molecule has 0 saturated heterocycles. The summed E-state index contributed by atoms with van der Waals surface area (Å²) in [4.78, 5) is 29.7. The molecule has 10 heteroatoms. The fourth-order valence-electron chi connectivity index (χ4n) is 2.95. The molecule has 1 aromatic heterocycles. The minimum Gasteiger partial charge on any atom is -0.481 e. The number of amides is 1. The van der Waals surface area contributed by atoms with Crippen molar-refractivity contribution in [3.8, 4) is 5.75 Å². The van der Waals surface area contributed by atoms with E-state index in [1.54, 1.807) is 24.3 Å². The Balaban J connectivity index is 1.73. The lowest BCUT2D eigenvalue weighted by Gasteiger charge is -2.33. The number of carbonyl (C=O) groups is 2. The predicted octanol–water partition coefficient (Wildman–Crippen LogP) is 4.51. The molecule has 2 aromatic carbocycles. The Morgan fingerprint density at radius 3 is 2.86 bits per heavy atom. The number of aromatic nitrogens is 1. The fraction of sp³-hybridized carbons (Fsp3) is 0.167. The Labute approximate surface area is 172 Å². The third-order valence-corrected chi connectivity index (χ3v) is 6.00. The van der Waals surface area contributed by atoms with Crippen LogP contribution in [-0.4, -0.2) is 28.1 Å². The summed E-state index contributed by atoms with van der Waals surface area (Å²) in [5.74, 6) is -1.95. The topological polar surface area (TPSA) is 79.7 Å². The number of anilines is 1. The molecule has 1 aliphatic rings. The summed E-state index contributed by atoms with van der Waals surface area (Å²) in [5, 5.41) is 9.30. The van der Waals surface area contributed by atoms with E-state index in [-0.39, 0.29) is 16.6 Å². The van der Waals surface area contributed by atoms with Gasteiger partial charge in [0.2, 0.25) is 0 Å². The summed E-state index contributed by atoms with van der Waals surface area (Å²) in [6, 6.07) is 8.20. The van der Waals surface area contributed by atoms with Crippen molar-refractivity contribution in [1.29, 1.82) is 0 Å². The highest BCUT2D eigenvalue weighted by Crippen LogP contribution is 2.38. The van der Waals surface area contributed by atoms with E-state index in [4.69, 9.17) is 33.0 Å². The largest absolute Gasteiger partial charge is 0.481 e. The lowest BCUT2D eigenvalue weighted by molar-refractivity contribution is -0.142. The molecule has 1 amide bonds. The molecule has 0 bridgehead atoms. The maximum atomic E-state index is 13.9. The van der Waals surface area contributed by atoms with Crippen molar-refractivity contribution in [3.63, 3.8) is 0 Å². The van der Waals surface area contributed by atoms with Crippen LogP contribution in [0.5, 0.6) is 5.75 Å². The van der Waals surface area contributed by atoms with Gasteiger partial charge in [-0.1, -0.05) is 35.3 Å². The fourth-order valence-corrected chi connectivity index (χ4v) is 4.47. The molecular formula is C18H11Cl2FN2O4S. The number of carbonyl (C=O) groups excluding carboxylic acids is 1. The van der Waals surface area contributed by atoms with Gasteiger partial charge in [0.05, 0.1) is 38.9 Å². The van der Waals surface area contributed by atoms with Gasteiger partial charge in [-0.15, -0.1) is 11.3 Å². The zero-order valence-corrected chi connectivity index (χ0v) is 16.3. The maximum absolute atomic E-state index is 13.9. The van der Waals surface area contributed by atoms with Crippen LogP contribution in [0.4, 0.5) is 10.1 Å². The molecule has 0 aliphatic carbocycles. The van der Waals surface area contributed by atoms with E-state index in [1.165, 1.54) is 11.0 Å². The van der Waals surface area contributed by atoms with E-state index >= 15 is 0 Å². The van der Waals surface area contributed by atoms with Crippen LogP contribution in [0.3, 0.4) is 0 Å². The SMILES string of the molecule is O=C(O)CC1Oc2ccccc2N(Cc2nc3cc(Cl)c(F)c(Cl)c3s2)C1=O. The zero-order chi connectivity index (χ0) is 20.0. The van der Waals surface area contributed by atoms with Gasteiger partial charge in [-0.3, -0.25) is 14.5 Å². The van der Waals surface area contributed by atoms with E-state index in [0.29, 0.717) is 26.7 Å². The van der Waals surface area contributed by atoms with Crippen LogP contribution >= 0.6 is 34.5 Å². The molecule has 0 saturated carbocycles. The molecule has 0 radical (unpaired) electrons. The highest BCUT2D eigenvalue weighted by molar-refractivity contribution is 7.19. The quantitative estimate of drug-likeness (QED) is 0.603. The average Bonchev–Trinajstić information content (AvgIpc) is 3.05. The molecular weight excluding hydrogens is 430 g/mol. The third-order valence-electron chi connectivity index (χ3n) is 4.18. The van der Waals surface area contributed by atoms with Gasteiger partial charge in [0.25, 0.3) is 5.91 Å². The number of fused-ring (bicyclic) bond motifs is 2. The smallest absolute Gasteiger partial charge is 0.307 e. The van der Waals surface area contributed by atoms with E-state index in [9.17, 15) is 14.0 Å². The molecule has 3 aromatic rings. The number of halogens is 3. The van der Waals surface area contributed by atoms with Crippen LogP contribution in [0, 0.1) is 5.82 Å². The third kappa shape index (κ3) is 3.28. The van der Waals surface area contributed by atoms with Crippen molar-refractivity contribution >= 4 is 62.3 Å². The number of aliphatic carboxylic acids is 1. The second-order valence-electron chi connectivity index (χ2n) is 6.04. The molecule has 2 heterocycles. The van der Waals surface area contributed by atoms with E-state index < -0.39 is 30.2 Å². The molecule has 0 spiro atoms. The lowest BCUT2D eigenvalue weighted by atomic mass is 10.1. The summed E-state index contributed by atoms with van der Waals surface area (Å²) in [6.07, 6.45) is -1.60. The number of carboxylic acid groups (broad SMARTS) is 1. The number of rotatable bonds is 4. The molecule has 144 valence electrons. The second kappa shape index (κ2) is 7.20. The Bertz CT molecular complexity index is 1120. The van der Waals surface area contributed by atoms with E-state index in [1.807, 2.05) is 0 Å². The van der Waals surface area contributed by atoms with Crippen LogP contribution in [-0.2, 0) is 16.1 Å². The minimum absolute atomic E-state index is 0.0598. The summed E-state index contributed by atoms with van der Waals surface area (Å²) >= 11 is 13.0. The number of para-hydroxylation sites is 2. The first-order valence-corrected chi connectivity index (χ1v) is 9.64. The molecule has 1 N–H and O–H groups in total. The van der Waals surface area contributed by atoms with Crippen molar-refractivity contribution in [3.05, 3.63) is 51.2 Å². The molecule has 6 nitrogen and oxygen atoms in total. The van der Waals surface area contributed by atoms with E-state index in [2.05, 4.69) is 4.98 Å². The van der Waals surface area contributed by atoms with Crippen LogP contribution in [0.25, 0.3) is 10.2 Å². The second-order valence-corrected chi connectivity index (χ2v) is 7.91. The minimum atomic E-state index is -1.14. The number of ether oxygens (including phenoxy) is 1. The van der Waals surface area contributed by atoms with Crippen molar-refractivity contribution in [2.24, 2.45) is 0 Å². The standard InChI is InChI=1S/C18H11Cl2FN2O4S/c19-8-5-9-17(15(20)16(8)21)28-13(22-9)7-23-10-3-1-2-4-11(10)27-12(18(23)26)6-14(24)25/h1-5,12H,6-7H2,(H,24,25). The first-order chi connectivity index (χ1) is 13.3. The zero-order valence-electron chi connectivity index (χ0n) is 14.0. The molecule has 1 unspecified atom stereocenters. The van der Waals surface area contributed by atoms with Crippen LogP contribution in [0.1, 0.15) is 11.4 Å². The monoisotopic (exact) mass is 440 g/mol. The van der Waals surface area contributed by atoms with Crippen molar-refractivity contribution in [2.75, 3.05) is 4.90 Å². The Kier molecular flexibility index (Phi) is 4.86. The Morgan fingerprint density at radius 2 is 2.11 bits per heavy atom. The van der Waals surface area contributed by atoms with Gasteiger partial charge in [0.1, 0.15) is 10.8 Å². The Hall–Kier alpha value is -2.42. The number of hydrogen-bond donors (Lipinski definition) is 1. The lowest BCUT2D eigenvalue weighted by Crippen LogP contribution is -2.46. The number of hydrogen-bond acceptors (Lipinski definition) is 5. The normalized spacial score (nSPS) is 16.2. The Morgan fingerprint density at radius 1 is 1.36 bits per heavy atom. The van der Waals surface area contributed by atoms with E-state index in [0.717, 1.165) is 11.3 Å². The van der Waals surface area contributed by atoms with Gasteiger partial charge in [0.15, 0.2) is 11.9 Å². The predicted molar refractivity (Wildman–Crippen MR) is 104 cm³/mol. The average molecular weight is 441 g/mol. The van der Waals surface area contributed by atoms with Crippen molar-refractivity contribution in [1.82, 2.24) is 4.98 Å². The first-order valence-electron chi connectivity index (χ1n) is 8.07. The van der Waals surface area contributed by atoms with Gasteiger partial charge in [-0.05, 0) is 18.2 Å². The van der Waals surface area contributed by atoms with Gasteiger partial charge in [-0.2, -0.15) is 0 Å². The van der Waals surface area contributed by atoms with Crippen molar-refractivity contribution < 1.29 is 23.8 Å². The highest BCUT2D eigenvalue weighted by atomic mass is 35.5. The maximum Gasteiger partial charge on any atom is 0.307 e. The van der Waals surface area contributed by atoms with Gasteiger partial charge in [0, 0.05) is 0 Å². The summed E-state index contributed by atoms with van der Waals surface area (Å²) in [6.45, 7) is 0.0598. The summed E-state index contributed by atoms with van der Waals surface area (Å²) in [7, 11) is 0. The van der Waals surface area contributed by atoms with Crippen molar-refractivity contribution in [2.45, 2.75) is 19.1 Å². The number of thiazole rings is 1. The number of nitrogens with zero attached hydrogens (tertiary/aromatic N) is 2. The number of benzene rings is 2. The van der Waals surface area contributed by atoms with Gasteiger partial charge in [-0.25, -0.2) is 9.37 Å². The summed E-state index contributed by atoms with van der Waals surface area (Å²) in [5.41, 5.74) is 0.927. The molecule has 1 aliphatic heterocycles.